The maximum Gasteiger partial charge on any atom is 0.255 e. The molecule has 2 aromatic rings. The van der Waals surface area contributed by atoms with Gasteiger partial charge in [-0.05, 0) is 42.3 Å². The fourth-order valence-corrected chi connectivity index (χ4v) is 2.96. The van der Waals surface area contributed by atoms with Crippen LogP contribution in [0.5, 0.6) is 0 Å². The zero-order valence-corrected chi connectivity index (χ0v) is 13.4. The van der Waals surface area contributed by atoms with Crippen LogP contribution in [0.4, 0.5) is 5.69 Å². The molecular formula is C15H15ClN2O3S. The van der Waals surface area contributed by atoms with Crippen molar-refractivity contribution in [2.75, 3.05) is 5.32 Å². The number of rotatable bonds is 4. The van der Waals surface area contributed by atoms with Gasteiger partial charge in [0.2, 0.25) is 10.0 Å². The van der Waals surface area contributed by atoms with E-state index in [0.29, 0.717) is 5.69 Å². The van der Waals surface area contributed by atoms with Crippen LogP contribution in [0.2, 0.25) is 5.02 Å². The summed E-state index contributed by atoms with van der Waals surface area (Å²) in [6.45, 7) is 2.04. The van der Waals surface area contributed by atoms with Gasteiger partial charge >= 0.3 is 0 Å². The topological polar surface area (TPSA) is 89.3 Å². The minimum Gasteiger partial charge on any atom is -0.322 e. The highest BCUT2D eigenvalue weighted by atomic mass is 35.5. The number of primary sulfonamides is 1. The van der Waals surface area contributed by atoms with Gasteiger partial charge in [0.05, 0.1) is 5.02 Å². The molecule has 2 rings (SSSR count). The summed E-state index contributed by atoms with van der Waals surface area (Å²) in [7, 11) is -3.98. The molecule has 0 radical (unpaired) electrons. The summed E-state index contributed by atoms with van der Waals surface area (Å²) < 4.78 is 22.8. The van der Waals surface area contributed by atoms with Gasteiger partial charge in [-0.25, -0.2) is 13.6 Å². The highest BCUT2D eigenvalue weighted by Crippen LogP contribution is 2.22. The highest BCUT2D eigenvalue weighted by Gasteiger charge is 2.16. The molecule has 0 atom stereocenters. The van der Waals surface area contributed by atoms with Crippen molar-refractivity contribution in [1.82, 2.24) is 0 Å². The third kappa shape index (κ3) is 3.85. The van der Waals surface area contributed by atoms with Crippen LogP contribution in [-0.4, -0.2) is 14.3 Å². The summed E-state index contributed by atoms with van der Waals surface area (Å²) in [5, 5.41) is 7.74. The fourth-order valence-electron chi connectivity index (χ4n) is 1.89. The minimum atomic E-state index is -3.98. The molecule has 1 amide bonds. The Hall–Kier alpha value is -1.89. The molecule has 22 heavy (non-hydrogen) atoms. The van der Waals surface area contributed by atoms with E-state index in [1.54, 1.807) is 12.1 Å². The number of sulfonamides is 1. The van der Waals surface area contributed by atoms with Gasteiger partial charge in [-0.3, -0.25) is 4.79 Å². The molecule has 0 fully saturated rings. The lowest BCUT2D eigenvalue weighted by molar-refractivity contribution is 0.102. The Morgan fingerprint density at radius 1 is 1.18 bits per heavy atom. The maximum absolute atomic E-state index is 12.2. The molecule has 0 heterocycles. The summed E-state index contributed by atoms with van der Waals surface area (Å²) >= 11 is 5.79. The van der Waals surface area contributed by atoms with Crippen molar-refractivity contribution in [3.8, 4) is 0 Å². The van der Waals surface area contributed by atoms with E-state index in [-0.39, 0.29) is 15.5 Å². The molecule has 0 bridgehead atoms. The average molecular weight is 339 g/mol. The van der Waals surface area contributed by atoms with Crippen molar-refractivity contribution in [3.05, 3.63) is 58.6 Å². The lowest BCUT2D eigenvalue weighted by Crippen LogP contribution is -2.16. The molecule has 0 aliphatic heterocycles. The monoisotopic (exact) mass is 338 g/mol. The van der Waals surface area contributed by atoms with Gasteiger partial charge in [-0.1, -0.05) is 30.7 Å². The van der Waals surface area contributed by atoms with Crippen LogP contribution < -0.4 is 10.5 Å². The average Bonchev–Trinajstić information content (AvgIpc) is 2.47. The molecule has 5 nitrogen and oxygen atoms in total. The number of anilines is 1. The number of halogens is 1. The zero-order chi connectivity index (χ0) is 16.3. The predicted octanol–water partition coefficient (Wildman–Crippen LogP) is 2.80. The van der Waals surface area contributed by atoms with E-state index in [9.17, 15) is 13.2 Å². The largest absolute Gasteiger partial charge is 0.322 e. The summed E-state index contributed by atoms with van der Waals surface area (Å²) in [6, 6.07) is 11.3. The summed E-state index contributed by atoms with van der Waals surface area (Å²) in [5.41, 5.74) is 1.93. The first-order chi connectivity index (χ1) is 10.3. The van der Waals surface area contributed by atoms with Gasteiger partial charge in [-0.15, -0.1) is 0 Å². The Balaban J connectivity index is 2.26. The number of nitrogens with two attached hydrogens (primary N) is 1. The quantitative estimate of drug-likeness (QED) is 0.898. The number of amides is 1. The van der Waals surface area contributed by atoms with Crippen LogP contribution in [-0.2, 0) is 16.4 Å². The van der Waals surface area contributed by atoms with Gasteiger partial charge in [0.25, 0.3) is 5.91 Å². The van der Waals surface area contributed by atoms with Gasteiger partial charge in [-0.2, -0.15) is 0 Å². The van der Waals surface area contributed by atoms with Crippen LogP contribution in [0, 0.1) is 0 Å². The lowest BCUT2D eigenvalue weighted by atomic mass is 10.1. The van der Waals surface area contributed by atoms with Crippen molar-refractivity contribution in [2.24, 2.45) is 5.14 Å². The second-order valence-corrected chi connectivity index (χ2v) is 6.63. The van der Waals surface area contributed by atoms with E-state index in [1.165, 1.54) is 12.1 Å². The number of carbonyl (C=O) groups excluding carboxylic acids is 1. The third-order valence-electron chi connectivity index (χ3n) is 3.12. The van der Waals surface area contributed by atoms with Gasteiger partial charge in [0.1, 0.15) is 4.90 Å². The predicted molar refractivity (Wildman–Crippen MR) is 86.6 cm³/mol. The van der Waals surface area contributed by atoms with Crippen molar-refractivity contribution in [2.45, 2.75) is 18.2 Å². The smallest absolute Gasteiger partial charge is 0.255 e. The molecule has 0 saturated carbocycles. The molecule has 0 aromatic heterocycles. The molecule has 116 valence electrons. The van der Waals surface area contributed by atoms with Crippen molar-refractivity contribution in [3.63, 3.8) is 0 Å². The molecule has 3 N–H and O–H groups in total. The Kier molecular flexibility index (Phi) is 4.85. The number of nitrogens with one attached hydrogen (secondary N) is 1. The highest BCUT2D eigenvalue weighted by molar-refractivity contribution is 7.89. The molecule has 7 heteroatoms. The van der Waals surface area contributed by atoms with Crippen LogP contribution in [0.15, 0.2) is 47.4 Å². The third-order valence-corrected chi connectivity index (χ3v) is 4.51. The Bertz CT molecular complexity index is 802. The van der Waals surface area contributed by atoms with Crippen LogP contribution in [0.1, 0.15) is 22.8 Å². The van der Waals surface area contributed by atoms with Crippen molar-refractivity contribution < 1.29 is 13.2 Å². The Labute approximate surface area is 134 Å². The maximum atomic E-state index is 12.2. The normalized spacial score (nSPS) is 11.2. The van der Waals surface area contributed by atoms with E-state index in [1.807, 2.05) is 19.1 Å². The number of benzene rings is 2. The van der Waals surface area contributed by atoms with Crippen LogP contribution in [0.25, 0.3) is 0 Å². The van der Waals surface area contributed by atoms with Crippen LogP contribution in [0.3, 0.4) is 0 Å². The second-order valence-electron chi connectivity index (χ2n) is 4.69. The summed E-state index contributed by atoms with van der Waals surface area (Å²) in [5.74, 6) is -0.439. The van der Waals surface area contributed by atoms with E-state index in [2.05, 4.69) is 5.32 Å². The van der Waals surface area contributed by atoms with E-state index >= 15 is 0 Å². The van der Waals surface area contributed by atoms with E-state index < -0.39 is 15.9 Å². The first-order valence-electron chi connectivity index (χ1n) is 6.54. The first-order valence-corrected chi connectivity index (χ1v) is 8.46. The standard InChI is InChI=1S/C15H15ClN2O3S/c1-2-10-3-6-12(7-4-10)18-15(19)11-5-8-13(16)14(9-11)22(17,20)21/h3-9H,2H2,1H3,(H,18,19)(H2,17,20,21). The van der Waals surface area contributed by atoms with E-state index in [4.69, 9.17) is 16.7 Å². The van der Waals surface area contributed by atoms with E-state index in [0.717, 1.165) is 18.1 Å². The SMILES string of the molecule is CCc1ccc(NC(=O)c2ccc(Cl)c(S(N)(=O)=O)c2)cc1. The molecule has 0 aliphatic rings. The van der Waals surface area contributed by atoms with Gasteiger partial charge in [0, 0.05) is 11.3 Å². The number of aryl methyl sites for hydroxylation is 1. The molecule has 0 unspecified atom stereocenters. The van der Waals surface area contributed by atoms with Gasteiger partial charge in [0.15, 0.2) is 0 Å². The molecule has 0 saturated heterocycles. The summed E-state index contributed by atoms with van der Waals surface area (Å²) in [6.07, 6.45) is 0.906. The van der Waals surface area contributed by atoms with Crippen LogP contribution >= 0.6 is 11.6 Å². The zero-order valence-electron chi connectivity index (χ0n) is 11.8. The summed E-state index contributed by atoms with van der Waals surface area (Å²) in [4.78, 5) is 11.9. The first kappa shape index (κ1) is 16.5. The molecule has 0 aliphatic carbocycles. The number of carbonyl (C=O) groups is 1. The number of hydrogen-bond donors (Lipinski definition) is 2. The van der Waals surface area contributed by atoms with Gasteiger partial charge < -0.3 is 5.32 Å². The molecule has 2 aromatic carbocycles. The van der Waals surface area contributed by atoms with Crippen molar-refractivity contribution >= 4 is 33.2 Å². The fraction of sp³-hybridized carbons (Fsp3) is 0.133. The minimum absolute atomic E-state index is 0.0219. The number of hydrogen-bond acceptors (Lipinski definition) is 3. The van der Waals surface area contributed by atoms with Crippen molar-refractivity contribution in [1.29, 1.82) is 0 Å². The Morgan fingerprint density at radius 3 is 2.36 bits per heavy atom. The Morgan fingerprint density at radius 2 is 1.82 bits per heavy atom. The molecular weight excluding hydrogens is 324 g/mol. The lowest BCUT2D eigenvalue weighted by Gasteiger charge is -2.08. The second kappa shape index (κ2) is 6.48. The molecule has 0 spiro atoms.